The number of carbonyl (C=O) groups excluding carboxylic acids is 1. The molecule has 0 fully saturated rings. The third kappa shape index (κ3) is 3.22. The smallest absolute Gasteiger partial charge is 0.211 e. The topological polar surface area (TPSA) is 47.9 Å². The summed E-state index contributed by atoms with van der Waals surface area (Å²) in [5.41, 5.74) is 3.03. The van der Waals surface area contributed by atoms with Crippen LogP contribution in [0.5, 0.6) is 11.5 Å². The van der Waals surface area contributed by atoms with Gasteiger partial charge in [0.25, 0.3) is 0 Å². The fourth-order valence-electron chi connectivity index (χ4n) is 2.64. The summed E-state index contributed by atoms with van der Waals surface area (Å²) in [5.74, 6) is 1.22. The van der Waals surface area contributed by atoms with Crippen molar-refractivity contribution in [1.82, 2.24) is 0 Å². The van der Waals surface area contributed by atoms with E-state index >= 15 is 0 Å². The fourth-order valence-corrected chi connectivity index (χ4v) is 2.64. The highest BCUT2D eigenvalue weighted by molar-refractivity contribution is 6.51. The number of aliphatic imine (C=N–C) groups is 1. The Labute approximate surface area is 141 Å². The highest BCUT2D eigenvalue weighted by Crippen LogP contribution is 2.33. The normalized spacial score (nSPS) is 12.5. The first kappa shape index (κ1) is 17.0. The Bertz CT molecular complexity index is 741. The van der Waals surface area contributed by atoms with Gasteiger partial charge in [0.15, 0.2) is 11.5 Å². The van der Waals surface area contributed by atoms with E-state index in [1.54, 1.807) is 26.4 Å². The number of carbonyl (C=O) groups is 1. The van der Waals surface area contributed by atoms with E-state index < -0.39 is 0 Å². The van der Waals surface area contributed by atoms with E-state index in [1.165, 1.54) is 0 Å². The van der Waals surface area contributed by atoms with Crippen molar-refractivity contribution in [3.63, 3.8) is 0 Å². The van der Waals surface area contributed by atoms with E-state index in [9.17, 15) is 4.79 Å². The van der Waals surface area contributed by atoms with Crippen LogP contribution in [0.1, 0.15) is 21.5 Å². The molecule has 23 heavy (non-hydrogen) atoms. The average Bonchev–Trinajstić information content (AvgIpc) is 2.60. The van der Waals surface area contributed by atoms with E-state index in [1.807, 2.05) is 30.3 Å². The zero-order valence-electron chi connectivity index (χ0n) is 13.0. The van der Waals surface area contributed by atoms with Crippen LogP contribution in [-0.4, -0.2) is 32.3 Å². The Morgan fingerprint density at radius 1 is 1.04 bits per heavy atom. The van der Waals surface area contributed by atoms with Gasteiger partial charge in [-0.05, 0) is 24.1 Å². The summed E-state index contributed by atoms with van der Waals surface area (Å²) >= 11 is 0. The summed E-state index contributed by atoms with van der Waals surface area (Å²) < 4.78 is 10.7. The number of benzene rings is 2. The molecule has 3 rings (SSSR count). The van der Waals surface area contributed by atoms with Crippen LogP contribution in [-0.2, 0) is 6.42 Å². The first-order chi connectivity index (χ1) is 10.7. The number of hydrogen-bond donors (Lipinski definition) is 0. The van der Waals surface area contributed by atoms with Gasteiger partial charge in [-0.3, -0.25) is 9.79 Å². The number of hydrogen-bond acceptors (Lipinski definition) is 4. The Balaban J connectivity index is 0.00000192. The van der Waals surface area contributed by atoms with E-state index in [0.717, 1.165) is 17.5 Å². The van der Waals surface area contributed by atoms with Gasteiger partial charge in [0, 0.05) is 17.7 Å². The Morgan fingerprint density at radius 2 is 1.70 bits per heavy atom. The minimum absolute atomic E-state index is 0. The minimum atomic E-state index is -0.0613. The summed E-state index contributed by atoms with van der Waals surface area (Å²) in [6.45, 7) is 0.608. The van der Waals surface area contributed by atoms with Crippen LogP contribution in [0.2, 0.25) is 0 Å². The number of ether oxygens (including phenoxy) is 2. The van der Waals surface area contributed by atoms with Gasteiger partial charge in [0.05, 0.1) is 14.2 Å². The molecule has 0 bridgehead atoms. The van der Waals surface area contributed by atoms with E-state index in [4.69, 9.17) is 9.47 Å². The monoisotopic (exact) mass is 331 g/mol. The molecule has 0 saturated carbocycles. The van der Waals surface area contributed by atoms with Crippen LogP contribution in [0.25, 0.3) is 0 Å². The minimum Gasteiger partial charge on any atom is -0.493 e. The molecule has 0 unspecified atom stereocenters. The van der Waals surface area contributed by atoms with Crippen molar-refractivity contribution in [2.24, 2.45) is 4.99 Å². The van der Waals surface area contributed by atoms with E-state index in [0.29, 0.717) is 29.3 Å². The second-order valence-corrected chi connectivity index (χ2v) is 5.04. The molecular weight excluding hydrogens is 314 g/mol. The third-order valence-electron chi connectivity index (χ3n) is 3.77. The number of methoxy groups -OCH3 is 2. The van der Waals surface area contributed by atoms with Gasteiger partial charge < -0.3 is 9.47 Å². The second kappa shape index (κ2) is 7.29. The summed E-state index contributed by atoms with van der Waals surface area (Å²) in [7, 11) is 3.19. The molecule has 1 heterocycles. The van der Waals surface area contributed by atoms with Gasteiger partial charge in [-0.25, -0.2) is 0 Å². The van der Waals surface area contributed by atoms with Crippen molar-refractivity contribution in [3.05, 3.63) is 59.2 Å². The maximum absolute atomic E-state index is 12.7. The zero-order chi connectivity index (χ0) is 15.5. The summed E-state index contributed by atoms with van der Waals surface area (Å²) in [4.78, 5) is 17.2. The molecule has 2 aromatic carbocycles. The number of rotatable bonds is 4. The van der Waals surface area contributed by atoms with Gasteiger partial charge >= 0.3 is 0 Å². The number of Topliss-reactive ketones (excluding diaryl/α,β-unsaturated/α-hetero) is 1. The maximum atomic E-state index is 12.7. The lowest BCUT2D eigenvalue weighted by atomic mass is 9.92. The molecule has 0 N–H and O–H groups in total. The predicted octanol–water partition coefficient (Wildman–Crippen LogP) is 3.35. The molecule has 0 aromatic heterocycles. The molecular formula is C18H18ClNO3. The molecule has 1 aliphatic rings. The van der Waals surface area contributed by atoms with Crippen LogP contribution < -0.4 is 9.47 Å². The van der Waals surface area contributed by atoms with Crippen molar-refractivity contribution in [2.75, 3.05) is 20.8 Å². The van der Waals surface area contributed by atoms with Crippen molar-refractivity contribution in [2.45, 2.75) is 6.42 Å². The fraction of sp³-hybridized carbons (Fsp3) is 0.222. The molecule has 0 radical (unpaired) electrons. The molecule has 1 aliphatic heterocycles. The molecule has 120 valence electrons. The lowest BCUT2D eigenvalue weighted by Gasteiger charge is -2.19. The first-order valence-corrected chi connectivity index (χ1v) is 7.14. The van der Waals surface area contributed by atoms with Gasteiger partial charge in [-0.1, -0.05) is 30.3 Å². The molecule has 2 aromatic rings. The zero-order valence-corrected chi connectivity index (χ0v) is 13.9. The van der Waals surface area contributed by atoms with Crippen molar-refractivity contribution in [3.8, 4) is 11.5 Å². The third-order valence-corrected chi connectivity index (χ3v) is 3.77. The quantitative estimate of drug-likeness (QED) is 0.807. The highest BCUT2D eigenvalue weighted by Gasteiger charge is 2.24. The largest absolute Gasteiger partial charge is 0.493 e. The lowest BCUT2D eigenvalue weighted by molar-refractivity contribution is 0.106. The summed E-state index contributed by atoms with van der Waals surface area (Å²) in [6, 6.07) is 13.0. The molecule has 0 atom stereocenters. The van der Waals surface area contributed by atoms with Crippen LogP contribution in [0.15, 0.2) is 47.5 Å². The molecule has 0 spiro atoms. The summed E-state index contributed by atoms with van der Waals surface area (Å²) in [5, 5.41) is 0. The standard InChI is InChI=1S/C18H17NO3.ClH/c1-21-15-10-13-8-9-19-17(14(13)11-16(15)22-2)18(20)12-6-4-3-5-7-12;/h3-7,10-11H,8-9H2,1-2H3;1H. The molecule has 0 amide bonds. The average molecular weight is 332 g/mol. The van der Waals surface area contributed by atoms with Crippen molar-refractivity contribution >= 4 is 23.9 Å². The van der Waals surface area contributed by atoms with Crippen LogP contribution in [0.4, 0.5) is 0 Å². The SMILES string of the molecule is COc1cc2c(cc1OC)C(C(=O)c1ccccc1)=NCC2.Cl. The van der Waals surface area contributed by atoms with Crippen LogP contribution in [0.3, 0.4) is 0 Å². The Morgan fingerprint density at radius 3 is 2.35 bits per heavy atom. The molecule has 4 nitrogen and oxygen atoms in total. The second-order valence-electron chi connectivity index (χ2n) is 5.04. The highest BCUT2D eigenvalue weighted by atomic mass is 35.5. The van der Waals surface area contributed by atoms with Crippen LogP contribution >= 0.6 is 12.4 Å². The Hall–Kier alpha value is -2.33. The van der Waals surface area contributed by atoms with Gasteiger partial charge in [0.1, 0.15) is 5.71 Å². The Kier molecular flexibility index (Phi) is 5.40. The molecule has 0 aliphatic carbocycles. The van der Waals surface area contributed by atoms with Gasteiger partial charge in [-0.2, -0.15) is 0 Å². The van der Waals surface area contributed by atoms with Crippen molar-refractivity contribution < 1.29 is 14.3 Å². The van der Waals surface area contributed by atoms with Gasteiger partial charge in [-0.15, -0.1) is 12.4 Å². The number of fused-ring (bicyclic) bond motifs is 1. The van der Waals surface area contributed by atoms with Crippen molar-refractivity contribution in [1.29, 1.82) is 0 Å². The van der Waals surface area contributed by atoms with Gasteiger partial charge in [0.2, 0.25) is 5.78 Å². The predicted molar refractivity (Wildman–Crippen MR) is 92.7 cm³/mol. The van der Waals surface area contributed by atoms with E-state index in [-0.39, 0.29) is 18.2 Å². The first-order valence-electron chi connectivity index (χ1n) is 7.14. The van der Waals surface area contributed by atoms with E-state index in [2.05, 4.69) is 4.99 Å². The van der Waals surface area contributed by atoms with Crippen LogP contribution in [0, 0.1) is 0 Å². The lowest BCUT2D eigenvalue weighted by Crippen LogP contribution is -2.22. The number of nitrogens with zero attached hydrogens (tertiary/aromatic N) is 1. The number of ketones is 1. The summed E-state index contributed by atoms with van der Waals surface area (Å²) in [6.07, 6.45) is 0.793. The maximum Gasteiger partial charge on any atom is 0.211 e. The molecule has 5 heteroatoms. The molecule has 0 saturated heterocycles. The number of halogens is 1.